The van der Waals surface area contributed by atoms with Gasteiger partial charge in [0, 0.05) is 22.0 Å². The van der Waals surface area contributed by atoms with Crippen molar-refractivity contribution in [1.82, 2.24) is 4.98 Å². The van der Waals surface area contributed by atoms with E-state index in [1.54, 1.807) is 6.92 Å². The second kappa shape index (κ2) is 7.77. The number of anilines is 2. The normalized spacial score (nSPS) is 10.4. The molecule has 2 rings (SSSR count). The van der Waals surface area contributed by atoms with Crippen molar-refractivity contribution in [1.29, 1.82) is 0 Å². The molecule has 112 valence electrons. The molecule has 0 radical (unpaired) electrons. The van der Waals surface area contributed by atoms with E-state index in [-0.39, 0.29) is 5.97 Å². The summed E-state index contributed by atoms with van der Waals surface area (Å²) in [4.78, 5) is 15.7. The van der Waals surface area contributed by atoms with Gasteiger partial charge >= 0.3 is 5.97 Å². The third-order valence-electron chi connectivity index (χ3n) is 2.61. The lowest BCUT2D eigenvalue weighted by Crippen LogP contribution is -2.05. The fraction of sp³-hybridized carbons (Fsp3) is 0.286. The van der Waals surface area contributed by atoms with E-state index in [9.17, 15) is 4.79 Å². The lowest BCUT2D eigenvalue weighted by molar-refractivity contribution is -0.143. The van der Waals surface area contributed by atoms with Crippen molar-refractivity contribution < 1.29 is 9.53 Å². The van der Waals surface area contributed by atoms with Crippen molar-refractivity contribution in [2.24, 2.45) is 0 Å². The first kappa shape index (κ1) is 16.3. The number of rotatable bonds is 6. The molecule has 0 unspecified atom stereocenters. The monoisotopic (exact) mass is 388 g/mol. The Bertz CT molecular complexity index is 633. The molecule has 1 N–H and O–H groups in total. The maximum Gasteiger partial charge on any atom is 0.306 e. The summed E-state index contributed by atoms with van der Waals surface area (Å²) in [5, 5.41) is 6.59. The second-order valence-corrected chi connectivity index (χ2v) is 6.32. The zero-order valence-corrected chi connectivity index (χ0v) is 14.5. The molecular weight excluding hydrogens is 376 g/mol. The van der Waals surface area contributed by atoms with Gasteiger partial charge < -0.3 is 10.1 Å². The van der Waals surface area contributed by atoms with E-state index in [0.29, 0.717) is 24.5 Å². The van der Waals surface area contributed by atoms with Gasteiger partial charge in [0.1, 0.15) is 0 Å². The molecule has 21 heavy (non-hydrogen) atoms. The highest BCUT2D eigenvalue weighted by atomic mass is 79.9. The fourth-order valence-electron chi connectivity index (χ4n) is 1.64. The van der Waals surface area contributed by atoms with Crippen LogP contribution in [0.15, 0.2) is 28.1 Å². The van der Waals surface area contributed by atoms with Gasteiger partial charge in [-0.2, -0.15) is 0 Å². The summed E-state index contributed by atoms with van der Waals surface area (Å²) < 4.78 is 5.72. The van der Waals surface area contributed by atoms with Crippen molar-refractivity contribution in [2.45, 2.75) is 19.8 Å². The van der Waals surface area contributed by atoms with Crippen molar-refractivity contribution in [3.63, 3.8) is 0 Å². The quantitative estimate of drug-likeness (QED) is 0.721. The molecule has 0 aliphatic rings. The molecule has 0 bridgehead atoms. The summed E-state index contributed by atoms with van der Waals surface area (Å²) >= 11 is 10.8. The third-order valence-corrected chi connectivity index (χ3v) is 4.63. The zero-order chi connectivity index (χ0) is 15.2. The molecule has 0 saturated carbocycles. The zero-order valence-electron chi connectivity index (χ0n) is 11.4. The Morgan fingerprint density at radius 1 is 1.52 bits per heavy atom. The Morgan fingerprint density at radius 3 is 3.05 bits per heavy atom. The SMILES string of the molecule is CCOC(=O)CCc1csc(Nc2ccc(Cl)c(Br)c2)n1. The van der Waals surface area contributed by atoms with E-state index in [1.807, 2.05) is 23.6 Å². The summed E-state index contributed by atoms with van der Waals surface area (Å²) in [7, 11) is 0. The Hall–Kier alpha value is -1.11. The van der Waals surface area contributed by atoms with E-state index < -0.39 is 0 Å². The van der Waals surface area contributed by atoms with Crippen molar-refractivity contribution >= 4 is 55.7 Å². The number of carbonyl (C=O) groups excluding carboxylic acids is 1. The van der Waals surface area contributed by atoms with Gasteiger partial charge in [-0.25, -0.2) is 4.98 Å². The Balaban J connectivity index is 1.93. The average molecular weight is 390 g/mol. The maximum absolute atomic E-state index is 11.3. The van der Waals surface area contributed by atoms with Gasteiger partial charge in [-0.1, -0.05) is 11.6 Å². The van der Waals surface area contributed by atoms with Crippen LogP contribution < -0.4 is 5.32 Å². The van der Waals surface area contributed by atoms with E-state index in [1.165, 1.54) is 11.3 Å². The first-order valence-electron chi connectivity index (χ1n) is 6.40. The molecule has 0 saturated heterocycles. The summed E-state index contributed by atoms with van der Waals surface area (Å²) in [6, 6.07) is 5.58. The lowest BCUT2D eigenvalue weighted by Gasteiger charge is -2.04. The van der Waals surface area contributed by atoms with Crippen molar-refractivity contribution in [3.8, 4) is 0 Å². The molecule has 7 heteroatoms. The van der Waals surface area contributed by atoms with Crippen LogP contribution in [0.1, 0.15) is 19.0 Å². The van der Waals surface area contributed by atoms with Crippen LogP contribution in [0.25, 0.3) is 0 Å². The Kier molecular flexibility index (Phi) is 6.02. The van der Waals surface area contributed by atoms with E-state index in [2.05, 4.69) is 26.2 Å². The molecule has 1 aromatic carbocycles. The molecule has 2 aromatic rings. The van der Waals surface area contributed by atoms with Crippen LogP contribution in [0, 0.1) is 0 Å². The van der Waals surface area contributed by atoms with Crippen molar-refractivity contribution in [3.05, 3.63) is 38.8 Å². The van der Waals surface area contributed by atoms with Gasteiger partial charge in [-0.05, 0) is 41.1 Å². The summed E-state index contributed by atoms with van der Waals surface area (Å²) in [6.45, 7) is 2.21. The number of nitrogens with zero attached hydrogens (tertiary/aromatic N) is 1. The molecule has 0 aliphatic heterocycles. The standard InChI is InChI=1S/C14H14BrClN2O2S/c1-2-20-13(19)6-4-10-8-21-14(18-10)17-9-3-5-12(16)11(15)7-9/h3,5,7-8H,2,4,6H2,1H3,(H,17,18). The first-order chi connectivity index (χ1) is 10.1. The van der Waals surface area contributed by atoms with Crippen LogP contribution >= 0.6 is 38.9 Å². The average Bonchev–Trinajstić information content (AvgIpc) is 2.89. The first-order valence-corrected chi connectivity index (χ1v) is 8.45. The number of nitrogens with one attached hydrogen (secondary N) is 1. The molecular formula is C14H14BrClN2O2S. The van der Waals surface area contributed by atoms with Crippen LogP contribution in [-0.4, -0.2) is 17.6 Å². The molecule has 0 amide bonds. The van der Waals surface area contributed by atoms with E-state index in [0.717, 1.165) is 21.0 Å². The van der Waals surface area contributed by atoms with Crippen LogP contribution in [0.3, 0.4) is 0 Å². The van der Waals surface area contributed by atoms with Crippen LogP contribution in [0.2, 0.25) is 5.02 Å². The third kappa shape index (κ3) is 4.98. The lowest BCUT2D eigenvalue weighted by atomic mass is 10.2. The minimum atomic E-state index is -0.193. The Morgan fingerprint density at radius 2 is 2.33 bits per heavy atom. The molecule has 0 fully saturated rings. The molecule has 0 spiro atoms. The number of esters is 1. The number of hydrogen-bond donors (Lipinski definition) is 1. The summed E-state index contributed by atoms with van der Waals surface area (Å²) in [5.41, 5.74) is 1.78. The Labute approximate surface area is 140 Å². The van der Waals surface area contributed by atoms with Gasteiger partial charge in [0.25, 0.3) is 0 Å². The van der Waals surface area contributed by atoms with Crippen LogP contribution in [0.4, 0.5) is 10.8 Å². The van der Waals surface area contributed by atoms with Crippen LogP contribution in [0.5, 0.6) is 0 Å². The number of hydrogen-bond acceptors (Lipinski definition) is 5. The van der Waals surface area contributed by atoms with Gasteiger partial charge in [-0.15, -0.1) is 11.3 Å². The van der Waals surface area contributed by atoms with E-state index in [4.69, 9.17) is 16.3 Å². The summed E-state index contributed by atoms with van der Waals surface area (Å²) in [5.74, 6) is -0.193. The predicted octanol–water partition coefficient (Wildman–Crippen LogP) is 4.80. The molecule has 1 aromatic heterocycles. The number of halogens is 2. The number of benzene rings is 1. The molecule has 1 heterocycles. The molecule has 0 aliphatic carbocycles. The smallest absolute Gasteiger partial charge is 0.306 e. The number of aryl methyl sites for hydroxylation is 1. The van der Waals surface area contributed by atoms with Crippen LogP contribution in [-0.2, 0) is 16.0 Å². The number of thiazole rings is 1. The van der Waals surface area contributed by atoms with Crippen molar-refractivity contribution in [2.75, 3.05) is 11.9 Å². The number of carbonyl (C=O) groups is 1. The van der Waals surface area contributed by atoms with Gasteiger partial charge in [-0.3, -0.25) is 4.79 Å². The van der Waals surface area contributed by atoms with Gasteiger partial charge in [0.2, 0.25) is 0 Å². The predicted molar refractivity (Wildman–Crippen MR) is 89.5 cm³/mol. The molecule has 0 atom stereocenters. The second-order valence-electron chi connectivity index (χ2n) is 4.20. The fourth-order valence-corrected chi connectivity index (χ4v) is 2.90. The highest BCUT2D eigenvalue weighted by Gasteiger charge is 2.07. The largest absolute Gasteiger partial charge is 0.466 e. The minimum Gasteiger partial charge on any atom is -0.466 e. The maximum atomic E-state index is 11.3. The highest BCUT2D eigenvalue weighted by molar-refractivity contribution is 9.10. The minimum absolute atomic E-state index is 0.193. The van der Waals surface area contributed by atoms with Gasteiger partial charge in [0.15, 0.2) is 5.13 Å². The molecule has 4 nitrogen and oxygen atoms in total. The number of ether oxygens (including phenoxy) is 1. The highest BCUT2D eigenvalue weighted by Crippen LogP contribution is 2.28. The summed E-state index contributed by atoms with van der Waals surface area (Å²) in [6.07, 6.45) is 0.935. The van der Waals surface area contributed by atoms with E-state index >= 15 is 0 Å². The number of aromatic nitrogens is 1. The topological polar surface area (TPSA) is 51.2 Å². The van der Waals surface area contributed by atoms with Gasteiger partial charge in [0.05, 0.1) is 23.7 Å².